The van der Waals surface area contributed by atoms with Gasteiger partial charge in [-0.3, -0.25) is 15.1 Å². The molecule has 510 valence electrons. The average molecular weight is 1300 g/mol. The number of aromatic hydroxyl groups is 1. The number of ketones is 1. The van der Waals surface area contributed by atoms with Crippen molar-refractivity contribution in [3.05, 3.63) is 158 Å². The Morgan fingerprint density at radius 2 is 1.76 bits per heavy atom. The molecule has 11 unspecified atom stereocenters. The molecule has 11 N–H and O–H groups in total. The molecule has 0 saturated carbocycles. The summed E-state index contributed by atoms with van der Waals surface area (Å²) < 4.78 is 25.7. The van der Waals surface area contributed by atoms with Crippen molar-refractivity contribution in [1.29, 1.82) is 0 Å². The van der Waals surface area contributed by atoms with Crippen LogP contribution in [0.15, 0.2) is 107 Å². The second-order valence-electron chi connectivity index (χ2n) is 27.3. The van der Waals surface area contributed by atoms with Gasteiger partial charge in [0.15, 0.2) is 23.7 Å². The molecule has 16 nitrogen and oxygen atoms in total. The second-order valence-corrected chi connectivity index (χ2v) is 27.3. The van der Waals surface area contributed by atoms with Crippen LogP contribution in [0.5, 0.6) is 17.2 Å². The Kier molecular flexibility index (Phi) is 25.0. The lowest BCUT2D eigenvalue weighted by atomic mass is 9.69. The standard InChI is InChI=1S/C79H104N6O10/c1-8-10-15-53-24-20-51(21-25-54-16-12-18-69(75(53)54)85-79(80)82-6)36-56-39-65-58(46-84-74(9-2)83-45-49(4)86)40-64(55-17-11-14-50(35-55)29-33-93-32-13-31-81-5)62-30-34-94-60(38-57(56)41-70(65)88)42-59(87)26-22-52-23-28-72(92-7)73(37-52)95-47-68-61-27-19-48(3)63-44-71(89)77(62)67(76(61)63)43-66(68)78(90)91/h11-12,14,16-19,23,27-28,35,37,39,41,43-44,48-49,51,53,56-58,60,62,64,74,78,81,83-84,86,88-91H,8-10,13,15,20-22,24-26,29,31-33,36,38,40,42,45-47H2,1-7H3,(H3,80,82,85). The van der Waals surface area contributed by atoms with Crippen LogP contribution in [0.4, 0.5) is 5.69 Å². The van der Waals surface area contributed by atoms with Gasteiger partial charge in [0.2, 0.25) is 0 Å². The third-order valence-corrected chi connectivity index (χ3v) is 20.7. The summed E-state index contributed by atoms with van der Waals surface area (Å²) in [7, 11) is 5.23. The van der Waals surface area contributed by atoms with Crippen molar-refractivity contribution in [2.24, 2.45) is 34.4 Å². The number of allylic oxidation sites excluding steroid dienone is 4. The molecule has 0 saturated heterocycles. The molecular weight excluding hydrogens is 1190 g/mol. The van der Waals surface area contributed by atoms with Gasteiger partial charge in [-0.2, -0.15) is 0 Å². The van der Waals surface area contributed by atoms with Crippen LogP contribution in [-0.2, 0) is 40.1 Å². The highest BCUT2D eigenvalue weighted by Crippen LogP contribution is 2.52. The molecule has 12 rings (SSSR count). The Hall–Kier alpha value is -7.20. The van der Waals surface area contributed by atoms with E-state index in [9.17, 15) is 30.3 Å². The molecule has 7 aliphatic rings. The minimum Gasteiger partial charge on any atom is -0.508 e. The van der Waals surface area contributed by atoms with Crippen molar-refractivity contribution in [3.8, 4) is 29.3 Å². The lowest BCUT2D eigenvalue weighted by Gasteiger charge is -2.37. The Bertz CT molecular complexity index is 3640. The van der Waals surface area contributed by atoms with E-state index < -0.39 is 30.3 Å². The van der Waals surface area contributed by atoms with Crippen molar-refractivity contribution < 1.29 is 49.3 Å². The number of aliphatic hydroxyl groups excluding tert-OH is 3. The number of carbonyl (C=O) groups excluding carboxylic acids is 1. The number of nitrogens with two attached hydrogens (primary N) is 1. The summed E-state index contributed by atoms with van der Waals surface area (Å²) in [5.41, 5.74) is 16.6. The van der Waals surface area contributed by atoms with Gasteiger partial charge in [0.1, 0.15) is 36.1 Å². The Balaban J connectivity index is 1.17. The van der Waals surface area contributed by atoms with Crippen molar-refractivity contribution in [2.45, 2.75) is 185 Å². The first-order valence-electron chi connectivity index (χ1n) is 35.1. The number of hydrogen-bond donors (Lipinski definition) is 10. The highest BCUT2D eigenvalue weighted by Gasteiger charge is 2.39. The number of unbranched alkanes of at least 4 members (excludes halogenated alkanes) is 1. The lowest BCUT2D eigenvalue weighted by molar-refractivity contribution is -0.121. The fourth-order valence-corrected chi connectivity index (χ4v) is 15.6. The molecule has 0 aromatic heterocycles. The first kappa shape index (κ1) is 70.6. The molecule has 0 radical (unpaired) electrons. The molecule has 4 heterocycles. The van der Waals surface area contributed by atoms with E-state index in [1.165, 1.54) is 11.1 Å². The summed E-state index contributed by atoms with van der Waals surface area (Å²) in [5, 5.41) is 75.5. The molecule has 16 heteroatoms. The molecule has 0 fully saturated rings. The monoisotopic (exact) mass is 1300 g/mol. The van der Waals surface area contributed by atoms with Gasteiger partial charge in [-0.15, -0.1) is 0 Å². The van der Waals surface area contributed by atoms with Crippen molar-refractivity contribution >= 4 is 34.3 Å². The van der Waals surface area contributed by atoms with Crippen LogP contribution in [0.1, 0.15) is 197 Å². The molecular formula is C79H104N6O10. The minimum absolute atomic E-state index is 0.00179. The first-order chi connectivity index (χ1) is 46.1. The third-order valence-electron chi connectivity index (χ3n) is 20.7. The van der Waals surface area contributed by atoms with Crippen LogP contribution in [0, 0.1) is 35.7 Å². The van der Waals surface area contributed by atoms with E-state index in [4.69, 9.17) is 24.7 Å². The SMILES string of the molecule is CCCCC1CCC(CC2C=C3C(O)=CC2CC2CC(=O)CCc4ccc(OC)c(c4)OCc4c(C(O)O)cc5c(c(O)cc6c5c4C=CC6C)C(C#CO2)C(c2cccc(CCOCCCNC)c2)CC3CNC(CC)NCC(C)O)CCc2cccc(NC(N)=NC)c21. The number of rotatable bonds is 23. The van der Waals surface area contributed by atoms with Crippen molar-refractivity contribution in [1.82, 2.24) is 16.0 Å². The number of aryl methyl sites for hydroxylation is 2. The molecule has 0 amide bonds. The van der Waals surface area contributed by atoms with E-state index in [1.807, 2.05) is 37.4 Å². The number of phenols is 1. The summed E-state index contributed by atoms with van der Waals surface area (Å²) in [5.74, 6) is 3.71. The van der Waals surface area contributed by atoms with E-state index in [1.54, 1.807) is 27.1 Å². The van der Waals surface area contributed by atoms with Gasteiger partial charge in [-0.1, -0.05) is 100 Å². The largest absolute Gasteiger partial charge is 0.508 e. The van der Waals surface area contributed by atoms with Crippen LogP contribution < -0.4 is 36.5 Å². The highest BCUT2D eigenvalue weighted by molar-refractivity contribution is 6.01. The maximum atomic E-state index is 14.8. The Labute approximate surface area is 563 Å². The van der Waals surface area contributed by atoms with Gasteiger partial charge in [0.05, 0.1) is 31.9 Å². The van der Waals surface area contributed by atoms with Crippen LogP contribution in [0.2, 0.25) is 0 Å². The smallest absolute Gasteiger partial charge is 0.192 e. The topological polar surface area (TPSA) is 242 Å². The van der Waals surface area contributed by atoms with Crippen LogP contribution in [-0.4, -0.2) is 110 Å². The number of hydrogen-bond acceptors (Lipinski definition) is 14. The number of methoxy groups -OCH3 is 1. The van der Waals surface area contributed by atoms with E-state index in [0.717, 1.165) is 109 Å². The third kappa shape index (κ3) is 17.5. The second kappa shape index (κ2) is 33.7. The van der Waals surface area contributed by atoms with E-state index in [0.29, 0.717) is 104 Å². The number of carbonyl (C=O) groups is 1. The quantitative estimate of drug-likeness (QED) is 0.00962. The zero-order chi connectivity index (χ0) is 67.1. The van der Waals surface area contributed by atoms with Gasteiger partial charge < -0.3 is 66.2 Å². The van der Waals surface area contributed by atoms with E-state index in [2.05, 4.69) is 120 Å². The first-order valence-corrected chi connectivity index (χ1v) is 35.1. The number of nitrogens with zero attached hydrogens (tertiary/aromatic N) is 1. The summed E-state index contributed by atoms with van der Waals surface area (Å²) >= 11 is 0. The number of phenolic OH excluding ortho intramolecular Hbond substituents is 1. The van der Waals surface area contributed by atoms with E-state index >= 15 is 0 Å². The molecule has 5 aromatic rings. The zero-order valence-electron chi connectivity index (χ0n) is 57.0. The van der Waals surface area contributed by atoms with Gasteiger partial charge in [-0.05, 0) is 213 Å². The molecule has 3 aliphatic carbocycles. The Morgan fingerprint density at radius 1 is 0.916 bits per heavy atom. The predicted molar refractivity (Wildman–Crippen MR) is 379 cm³/mol. The molecule has 11 atom stereocenters. The van der Waals surface area contributed by atoms with E-state index in [-0.39, 0.29) is 72.1 Å². The number of anilines is 1. The van der Waals surface area contributed by atoms with Crippen molar-refractivity contribution in [2.75, 3.05) is 59.4 Å². The van der Waals surface area contributed by atoms with Gasteiger partial charge in [0.25, 0.3) is 0 Å². The number of benzene rings is 5. The van der Waals surface area contributed by atoms with Crippen molar-refractivity contribution in [3.63, 3.8) is 0 Å². The van der Waals surface area contributed by atoms with Crippen LogP contribution in [0.3, 0.4) is 0 Å². The predicted octanol–water partition coefficient (Wildman–Crippen LogP) is 12.9. The maximum Gasteiger partial charge on any atom is 0.192 e. The molecule has 5 aromatic carbocycles. The van der Waals surface area contributed by atoms with Crippen LogP contribution >= 0.6 is 0 Å². The average Bonchev–Trinajstić information content (AvgIpc) is 0.844. The fraction of sp³-hybridized carbons (Fsp3) is 0.519. The van der Waals surface area contributed by atoms with Crippen LogP contribution in [0.25, 0.3) is 16.8 Å². The number of guanidine groups is 1. The fourth-order valence-electron chi connectivity index (χ4n) is 15.6. The molecule has 95 heavy (non-hydrogen) atoms. The minimum atomic E-state index is -1.94. The number of aliphatic imine (C=N–C) groups is 1. The maximum absolute atomic E-state index is 14.8. The summed E-state index contributed by atoms with van der Waals surface area (Å²) in [6, 6.07) is 24.4. The molecule has 0 spiro atoms. The molecule has 4 aliphatic heterocycles. The number of aliphatic hydroxyl groups is 4. The number of Topliss-reactive ketones (excluding diaryl/α,β-unsaturated/α-hetero) is 1. The van der Waals surface area contributed by atoms with Gasteiger partial charge >= 0.3 is 0 Å². The summed E-state index contributed by atoms with van der Waals surface area (Å²) in [6.07, 6.45) is 20.1. The zero-order valence-corrected chi connectivity index (χ0v) is 57.0. The number of ether oxygens (including phenoxy) is 4. The normalized spacial score (nSPS) is 23.7. The number of nitrogens with one attached hydrogen (secondary N) is 4. The Morgan fingerprint density at radius 3 is 2.54 bits per heavy atom. The molecule has 10 bridgehead atoms. The summed E-state index contributed by atoms with van der Waals surface area (Å²) in [6.45, 7) is 11.0. The number of fused-ring (bicyclic) bond motifs is 9. The van der Waals surface area contributed by atoms with Gasteiger partial charge in [-0.25, -0.2) is 0 Å². The van der Waals surface area contributed by atoms with Gasteiger partial charge in [0, 0.05) is 79.7 Å². The summed E-state index contributed by atoms with van der Waals surface area (Å²) in [4.78, 5) is 19.0. The lowest BCUT2D eigenvalue weighted by Crippen LogP contribution is -2.46. The highest BCUT2D eigenvalue weighted by atomic mass is 16.5.